The van der Waals surface area contributed by atoms with Crippen LogP contribution in [0.4, 0.5) is 0 Å². The van der Waals surface area contributed by atoms with E-state index in [-0.39, 0.29) is 19.3 Å². The van der Waals surface area contributed by atoms with Crippen LogP contribution in [0, 0.1) is 0 Å². The fraction of sp³-hybridized carbons (Fsp3) is 0.778. The fourth-order valence-corrected chi connectivity index (χ4v) is 3.19. The van der Waals surface area contributed by atoms with Crippen molar-refractivity contribution in [2.24, 2.45) is 0 Å². The molecule has 2 amide bonds. The van der Waals surface area contributed by atoms with E-state index in [1.165, 1.54) is 0 Å². The molecule has 12 heteroatoms. The first kappa shape index (κ1) is 20.4. The lowest BCUT2D eigenvalue weighted by Gasteiger charge is -2.18. The number of nitrogens with one attached hydrogen (secondary N) is 1. The molecule has 0 aromatic rings. The van der Waals surface area contributed by atoms with Crippen molar-refractivity contribution in [1.29, 1.82) is 0 Å². The monoisotopic (exact) mass is 347 g/mol. The number of carbonyl (C=O) groups is 2. The molecule has 124 valence electrons. The van der Waals surface area contributed by atoms with Crippen molar-refractivity contribution in [3.05, 3.63) is 0 Å². The van der Waals surface area contributed by atoms with Crippen molar-refractivity contribution in [3.63, 3.8) is 0 Å². The molecule has 0 fully saturated rings. The molecule has 0 spiro atoms. The third-order valence-corrected chi connectivity index (χ3v) is 4.05. The first-order valence-electron chi connectivity index (χ1n) is 6.07. The van der Waals surface area contributed by atoms with E-state index in [1.807, 2.05) is 0 Å². The van der Waals surface area contributed by atoms with E-state index >= 15 is 0 Å². The van der Waals surface area contributed by atoms with Gasteiger partial charge in [-0.15, -0.1) is 0 Å². The Morgan fingerprint density at radius 1 is 1.10 bits per heavy atom. The molecule has 0 aliphatic rings. The van der Waals surface area contributed by atoms with Crippen LogP contribution in [0.1, 0.15) is 39.0 Å². The van der Waals surface area contributed by atoms with Crippen molar-refractivity contribution >= 4 is 27.2 Å². The lowest BCUT2D eigenvalue weighted by molar-refractivity contribution is -0.130. The van der Waals surface area contributed by atoms with Gasteiger partial charge in [-0.05, 0) is 19.3 Å². The molecule has 0 radical (unpaired) electrons. The molecule has 0 aliphatic heterocycles. The first-order chi connectivity index (χ1) is 9.45. The van der Waals surface area contributed by atoms with Gasteiger partial charge in [-0.3, -0.25) is 24.0 Å². The molecule has 5 N–H and O–H groups in total. The second-order valence-corrected chi connectivity index (χ2v) is 7.20. The van der Waals surface area contributed by atoms with Gasteiger partial charge < -0.3 is 19.6 Å². The van der Waals surface area contributed by atoms with Crippen LogP contribution in [-0.4, -0.2) is 37.2 Å². The summed E-state index contributed by atoms with van der Waals surface area (Å²) < 4.78 is 25.6. The molecular formula is C9H19NO9P2. The van der Waals surface area contributed by atoms with Crippen LogP contribution in [0.3, 0.4) is 0 Å². The SMILES string of the molecule is CCCC(=O)NC(=O)CCCC(OP(=O)(O)O)P(=O)(O)O. The zero-order chi connectivity index (χ0) is 16.7. The van der Waals surface area contributed by atoms with Crippen LogP contribution in [0.5, 0.6) is 0 Å². The summed E-state index contributed by atoms with van der Waals surface area (Å²) in [5, 5.41) is 2.08. The molecule has 0 aliphatic carbocycles. The van der Waals surface area contributed by atoms with E-state index in [0.717, 1.165) is 0 Å². The molecule has 0 saturated heterocycles. The van der Waals surface area contributed by atoms with E-state index in [9.17, 15) is 18.7 Å². The molecule has 21 heavy (non-hydrogen) atoms. The maximum Gasteiger partial charge on any atom is 0.470 e. The summed E-state index contributed by atoms with van der Waals surface area (Å²) in [6, 6.07) is 0. The lowest BCUT2D eigenvalue weighted by atomic mass is 10.2. The molecule has 1 atom stereocenters. The summed E-state index contributed by atoms with van der Waals surface area (Å²) >= 11 is 0. The van der Waals surface area contributed by atoms with Crippen molar-refractivity contribution in [3.8, 4) is 0 Å². The molecule has 0 aromatic heterocycles. The molecule has 0 bridgehead atoms. The quantitative estimate of drug-likeness (QED) is 0.366. The Kier molecular flexibility index (Phi) is 8.50. The number of hydrogen-bond acceptors (Lipinski definition) is 5. The van der Waals surface area contributed by atoms with Crippen LogP contribution in [0.2, 0.25) is 0 Å². The number of phosphoric ester groups is 1. The van der Waals surface area contributed by atoms with Crippen LogP contribution < -0.4 is 5.32 Å². The zero-order valence-corrected chi connectivity index (χ0v) is 13.1. The minimum absolute atomic E-state index is 0.110. The van der Waals surface area contributed by atoms with Gasteiger partial charge in [0.15, 0.2) is 5.85 Å². The van der Waals surface area contributed by atoms with E-state index in [4.69, 9.17) is 19.6 Å². The van der Waals surface area contributed by atoms with E-state index in [1.54, 1.807) is 6.92 Å². The molecule has 1 unspecified atom stereocenters. The van der Waals surface area contributed by atoms with Gasteiger partial charge in [0.25, 0.3) is 0 Å². The minimum Gasteiger partial charge on any atom is -0.323 e. The van der Waals surface area contributed by atoms with Gasteiger partial charge in [-0.2, -0.15) is 0 Å². The van der Waals surface area contributed by atoms with Crippen LogP contribution in [0.25, 0.3) is 0 Å². The highest BCUT2D eigenvalue weighted by molar-refractivity contribution is 7.53. The summed E-state index contributed by atoms with van der Waals surface area (Å²) in [6.07, 6.45) is -0.0318. The number of imide groups is 1. The van der Waals surface area contributed by atoms with Gasteiger partial charge >= 0.3 is 15.4 Å². The minimum atomic E-state index is -5.06. The van der Waals surface area contributed by atoms with E-state index in [0.29, 0.717) is 6.42 Å². The van der Waals surface area contributed by atoms with Gasteiger partial charge in [0.2, 0.25) is 11.8 Å². The fourth-order valence-electron chi connectivity index (χ4n) is 1.39. The molecule has 0 aromatic carbocycles. The molecule has 0 rings (SSSR count). The highest BCUT2D eigenvalue weighted by atomic mass is 31.2. The zero-order valence-electron chi connectivity index (χ0n) is 11.3. The van der Waals surface area contributed by atoms with Gasteiger partial charge in [-0.1, -0.05) is 6.92 Å². The van der Waals surface area contributed by atoms with Crippen LogP contribution in [-0.2, 0) is 23.2 Å². The van der Waals surface area contributed by atoms with Crippen LogP contribution in [0.15, 0.2) is 0 Å². The Labute approximate surface area is 121 Å². The van der Waals surface area contributed by atoms with E-state index < -0.39 is 39.5 Å². The maximum absolute atomic E-state index is 11.3. The molecule has 10 nitrogen and oxygen atoms in total. The number of amides is 2. The number of hydrogen-bond donors (Lipinski definition) is 5. The highest BCUT2D eigenvalue weighted by Crippen LogP contribution is 2.51. The second-order valence-electron chi connectivity index (χ2n) is 4.25. The predicted octanol–water partition coefficient (Wildman–Crippen LogP) is 0.213. The van der Waals surface area contributed by atoms with Gasteiger partial charge in [0, 0.05) is 12.8 Å². The third-order valence-electron chi connectivity index (χ3n) is 2.24. The smallest absolute Gasteiger partial charge is 0.323 e. The molecule has 0 heterocycles. The average Bonchev–Trinajstić information content (AvgIpc) is 2.24. The van der Waals surface area contributed by atoms with E-state index in [2.05, 4.69) is 9.84 Å². The Bertz CT molecular complexity index is 454. The Morgan fingerprint density at radius 2 is 1.62 bits per heavy atom. The Hall–Kier alpha value is -0.600. The van der Waals surface area contributed by atoms with Crippen LogP contribution >= 0.6 is 15.4 Å². The Balaban J connectivity index is 4.32. The molecule has 0 saturated carbocycles. The summed E-state index contributed by atoms with van der Waals surface area (Å²) in [4.78, 5) is 57.4. The largest absolute Gasteiger partial charge is 0.470 e. The van der Waals surface area contributed by atoms with Gasteiger partial charge in [-0.25, -0.2) is 4.57 Å². The second kappa shape index (κ2) is 8.75. The lowest BCUT2D eigenvalue weighted by Crippen LogP contribution is -2.30. The average molecular weight is 347 g/mol. The summed E-state index contributed by atoms with van der Waals surface area (Å²) in [6.45, 7) is 1.76. The third kappa shape index (κ3) is 10.7. The maximum atomic E-state index is 11.3. The van der Waals surface area contributed by atoms with Gasteiger partial charge in [0.05, 0.1) is 0 Å². The van der Waals surface area contributed by atoms with Crippen molar-refractivity contribution < 1.29 is 42.8 Å². The first-order valence-corrected chi connectivity index (χ1v) is 9.28. The predicted molar refractivity (Wildman–Crippen MR) is 70.9 cm³/mol. The standard InChI is InChI=1S/C9H19NO9P2/c1-2-4-7(11)10-8(12)5-3-6-9(20(13,14)15)19-21(16,17)18/h9H,2-6H2,1H3,(H,10,11,12)(H2,13,14,15)(H2,16,17,18). The Morgan fingerprint density at radius 3 is 2.05 bits per heavy atom. The van der Waals surface area contributed by atoms with Crippen molar-refractivity contribution in [2.75, 3.05) is 0 Å². The van der Waals surface area contributed by atoms with Crippen molar-refractivity contribution in [2.45, 2.75) is 44.9 Å². The van der Waals surface area contributed by atoms with Gasteiger partial charge in [0.1, 0.15) is 0 Å². The number of phosphoric acid groups is 1. The normalized spacial score (nSPS) is 13.8. The summed E-state index contributed by atoms with van der Waals surface area (Å²) in [5.41, 5.74) is 0. The number of carbonyl (C=O) groups excluding carboxylic acids is 2. The van der Waals surface area contributed by atoms with Crippen molar-refractivity contribution in [1.82, 2.24) is 5.32 Å². The number of rotatable bonds is 9. The topological polar surface area (TPSA) is 170 Å². The summed E-state index contributed by atoms with van der Waals surface area (Å²) in [7, 11) is -9.94. The molecular weight excluding hydrogens is 328 g/mol. The highest BCUT2D eigenvalue weighted by Gasteiger charge is 2.35. The summed E-state index contributed by atoms with van der Waals surface area (Å²) in [5.74, 6) is -3.09.